The quantitative estimate of drug-likeness (QED) is 0.684. The van der Waals surface area contributed by atoms with Crippen molar-refractivity contribution in [3.05, 3.63) is 30.1 Å². The molecule has 0 saturated carbocycles. The highest BCUT2D eigenvalue weighted by Crippen LogP contribution is 2.24. The van der Waals surface area contributed by atoms with Gasteiger partial charge in [-0.1, -0.05) is 26.8 Å². The van der Waals surface area contributed by atoms with Crippen LogP contribution in [0, 0.1) is 5.92 Å². The average Bonchev–Trinajstić information content (AvgIpc) is 2.15. The summed E-state index contributed by atoms with van der Waals surface area (Å²) in [7, 11) is 0. The van der Waals surface area contributed by atoms with Crippen LogP contribution in [0.1, 0.15) is 45.2 Å². The number of hydrogen-bond acceptors (Lipinski definition) is 1. The second kappa shape index (κ2) is 5.00. The smallest absolute Gasteiger partial charge is 0.0434 e. The van der Waals surface area contributed by atoms with Crippen LogP contribution in [0.25, 0.3) is 0 Å². The van der Waals surface area contributed by atoms with E-state index in [2.05, 4.69) is 37.9 Å². The maximum Gasteiger partial charge on any atom is 0.0434 e. The van der Waals surface area contributed by atoms with E-state index in [1.807, 2.05) is 12.3 Å². The lowest BCUT2D eigenvalue weighted by Crippen LogP contribution is -2.03. The first-order valence-electron chi connectivity index (χ1n) is 5.15. The molecule has 0 aliphatic heterocycles. The fraction of sp³-hybridized carbons (Fsp3) is 0.583. The van der Waals surface area contributed by atoms with E-state index in [9.17, 15) is 0 Å². The monoisotopic (exact) mass is 177 g/mol. The van der Waals surface area contributed by atoms with Crippen molar-refractivity contribution in [3.8, 4) is 0 Å². The third-order valence-electron chi connectivity index (χ3n) is 2.35. The number of aromatic nitrogens is 1. The van der Waals surface area contributed by atoms with Crippen LogP contribution in [0.2, 0.25) is 0 Å². The summed E-state index contributed by atoms with van der Waals surface area (Å²) in [5.41, 5.74) is 1.25. The molecule has 0 fully saturated rings. The summed E-state index contributed by atoms with van der Waals surface area (Å²) < 4.78 is 0. The Morgan fingerprint density at radius 3 is 2.54 bits per heavy atom. The maximum atomic E-state index is 4.40. The Balaban J connectivity index is 2.67. The molecule has 1 rings (SSSR count). The van der Waals surface area contributed by atoms with Crippen LogP contribution in [0.5, 0.6) is 0 Å². The highest BCUT2D eigenvalue weighted by Gasteiger charge is 2.11. The second-order valence-electron chi connectivity index (χ2n) is 3.99. The molecule has 0 amide bonds. The molecule has 0 aliphatic carbocycles. The van der Waals surface area contributed by atoms with Gasteiger partial charge in [-0.25, -0.2) is 0 Å². The molecule has 1 nitrogen and oxygen atoms in total. The molecule has 0 bridgehead atoms. The Labute approximate surface area is 81.2 Å². The van der Waals surface area contributed by atoms with Gasteiger partial charge in [0.1, 0.15) is 0 Å². The Hall–Kier alpha value is -0.850. The van der Waals surface area contributed by atoms with Crippen molar-refractivity contribution in [1.29, 1.82) is 0 Å². The summed E-state index contributed by atoms with van der Waals surface area (Å²) in [5, 5.41) is 0. The van der Waals surface area contributed by atoms with E-state index in [-0.39, 0.29) is 0 Å². The molecule has 0 spiro atoms. The first-order valence-corrected chi connectivity index (χ1v) is 5.15. The fourth-order valence-corrected chi connectivity index (χ4v) is 1.68. The first kappa shape index (κ1) is 10.2. The number of rotatable bonds is 4. The highest BCUT2D eigenvalue weighted by molar-refractivity contribution is 5.09. The standard InChI is InChI=1S/C12H19N/c1-4-11(9-10(2)3)12-7-5-6-8-13-12/h5-8,10-11H,4,9H2,1-3H3/t11-/m1/s1. The molecule has 0 aromatic carbocycles. The van der Waals surface area contributed by atoms with Crippen LogP contribution >= 0.6 is 0 Å². The number of hydrogen-bond donors (Lipinski definition) is 0. The summed E-state index contributed by atoms with van der Waals surface area (Å²) in [6, 6.07) is 6.19. The van der Waals surface area contributed by atoms with Gasteiger partial charge in [0.2, 0.25) is 0 Å². The summed E-state index contributed by atoms with van der Waals surface area (Å²) in [6.07, 6.45) is 4.32. The molecule has 1 aromatic rings. The zero-order valence-electron chi connectivity index (χ0n) is 8.83. The van der Waals surface area contributed by atoms with Crippen molar-refractivity contribution in [2.45, 2.75) is 39.5 Å². The average molecular weight is 177 g/mol. The number of pyridine rings is 1. The van der Waals surface area contributed by atoms with Crippen molar-refractivity contribution in [2.24, 2.45) is 5.92 Å². The normalized spacial score (nSPS) is 13.2. The Kier molecular flexibility index (Phi) is 3.94. The van der Waals surface area contributed by atoms with Gasteiger partial charge in [-0.15, -0.1) is 0 Å². The van der Waals surface area contributed by atoms with Crippen molar-refractivity contribution in [2.75, 3.05) is 0 Å². The molecule has 72 valence electrons. The lowest BCUT2D eigenvalue weighted by Gasteiger charge is -2.16. The van der Waals surface area contributed by atoms with Gasteiger partial charge in [-0.2, -0.15) is 0 Å². The van der Waals surface area contributed by atoms with Crippen LogP contribution in [0.3, 0.4) is 0 Å². The molecule has 1 heterocycles. The molecule has 0 unspecified atom stereocenters. The zero-order chi connectivity index (χ0) is 9.68. The Morgan fingerprint density at radius 2 is 2.08 bits per heavy atom. The molecule has 0 aliphatic rings. The minimum absolute atomic E-state index is 0.640. The molecular formula is C12H19N. The van der Waals surface area contributed by atoms with Gasteiger partial charge in [-0.05, 0) is 30.9 Å². The van der Waals surface area contributed by atoms with Crippen LogP contribution in [-0.4, -0.2) is 4.98 Å². The third kappa shape index (κ3) is 3.17. The number of nitrogens with zero attached hydrogens (tertiary/aromatic N) is 1. The second-order valence-corrected chi connectivity index (χ2v) is 3.99. The molecule has 0 N–H and O–H groups in total. The van der Waals surface area contributed by atoms with E-state index >= 15 is 0 Å². The van der Waals surface area contributed by atoms with Gasteiger partial charge in [0.05, 0.1) is 0 Å². The lowest BCUT2D eigenvalue weighted by atomic mass is 9.92. The van der Waals surface area contributed by atoms with Gasteiger partial charge in [-0.3, -0.25) is 4.98 Å². The Morgan fingerprint density at radius 1 is 1.31 bits per heavy atom. The fourth-order valence-electron chi connectivity index (χ4n) is 1.68. The van der Waals surface area contributed by atoms with Gasteiger partial charge in [0.15, 0.2) is 0 Å². The van der Waals surface area contributed by atoms with E-state index in [1.165, 1.54) is 18.5 Å². The molecule has 0 radical (unpaired) electrons. The van der Waals surface area contributed by atoms with Crippen molar-refractivity contribution < 1.29 is 0 Å². The minimum Gasteiger partial charge on any atom is -0.261 e. The van der Waals surface area contributed by atoms with Crippen LogP contribution in [-0.2, 0) is 0 Å². The molecule has 1 atom stereocenters. The van der Waals surface area contributed by atoms with Crippen LogP contribution in [0.4, 0.5) is 0 Å². The third-order valence-corrected chi connectivity index (χ3v) is 2.35. The molecule has 1 heteroatoms. The summed E-state index contributed by atoms with van der Waals surface area (Å²) in [4.78, 5) is 4.40. The predicted octanol–water partition coefficient (Wildman–Crippen LogP) is 3.62. The van der Waals surface area contributed by atoms with Crippen molar-refractivity contribution in [1.82, 2.24) is 4.98 Å². The van der Waals surface area contributed by atoms with E-state index in [1.54, 1.807) is 0 Å². The van der Waals surface area contributed by atoms with E-state index < -0.39 is 0 Å². The van der Waals surface area contributed by atoms with Crippen molar-refractivity contribution in [3.63, 3.8) is 0 Å². The van der Waals surface area contributed by atoms with Crippen LogP contribution in [0.15, 0.2) is 24.4 Å². The Bertz CT molecular complexity index is 228. The summed E-state index contributed by atoms with van der Waals surface area (Å²) in [6.45, 7) is 6.78. The molecule has 13 heavy (non-hydrogen) atoms. The van der Waals surface area contributed by atoms with Gasteiger partial charge >= 0.3 is 0 Å². The first-order chi connectivity index (χ1) is 6.24. The lowest BCUT2D eigenvalue weighted by molar-refractivity contribution is 0.481. The van der Waals surface area contributed by atoms with E-state index in [4.69, 9.17) is 0 Å². The van der Waals surface area contributed by atoms with E-state index in [0.29, 0.717) is 5.92 Å². The SMILES string of the molecule is CC[C@H](CC(C)C)c1ccccn1. The molecule has 0 saturated heterocycles. The van der Waals surface area contributed by atoms with Crippen LogP contribution < -0.4 is 0 Å². The van der Waals surface area contributed by atoms with Crippen molar-refractivity contribution >= 4 is 0 Å². The predicted molar refractivity (Wildman–Crippen MR) is 56.7 cm³/mol. The highest BCUT2D eigenvalue weighted by atomic mass is 14.7. The summed E-state index contributed by atoms with van der Waals surface area (Å²) in [5.74, 6) is 1.40. The molecule has 1 aromatic heterocycles. The maximum absolute atomic E-state index is 4.40. The van der Waals surface area contributed by atoms with Gasteiger partial charge in [0, 0.05) is 17.8 Å². The molecular weight excluding hydrogens is 158 g/mol. The van der Waals surface area contributed by atoms with Gasteiger partial charge < -0.3 is 0 Å². The minimum atomic E-state index is 0.640. The van der Waals surface area contributed by atoms with Gasteiger partial charge in [0.25, 0.3) is 0 Å². The van der Waals surface area contributed by atoms with E-state index in [0.717, 1.165) is 5.92 Å². The largest absolute Gasteiger partial charge is 0.261 e. The zero-order valence-corrected chi connectivity index (χ0v) is 8.83. The summed E-state index contributed by atoms with van der Waals surface area (Å²) >= 11 is 0. The topological polar surface area (TPSA) is 12.9 Å².